The average molecular weight is 302 g/mol. The number of cyclic esters (lactones) is 2. The summed E-state index contributed by atoms with van der Waals surface area (Å²) in [4.78, 5) is 23.3. The summed E-state index contributed by atoms with van der Waals surface area (Å²) in [6, 6.07) is 0. The topological polar surface area (TPSA) is 93.1 Å². The molecular formula is C15H26O6. The molecule has 1 fully saturated rings. The predicted octanol–water partition coefficient (Wildman–Crippen LogP) is 2.01. The van der Waals surface area contributed by atoms with Gasteiger partial charge >= 0.3 is 17.9 Å². The third-order valence-electron chi connectivity index (χ3n) is 3.52. The third-order valence-corrected chi connectivity index (χ3v) is 3.52. The second-order valence-electron chi connectivity index (χ2n) is 5.52. The standard InChI is InChI=1S/C15H26O6/c1-2-9-12-15(18,19)21-14(17)11-8-6-4-3-5-7-10-13(16)20-12/h12,18-19H,2-11H2,1H3. The molecule has 122 valence electrons. The summed E-state index contributed by atoms with van der Waals surface area (Å²) in [5.74, 6) is -3.93. The van der Waals surface area contributed by atoms with E-state index in [1.165, 1.54) is 0 Å². The van der Waals surface area contributed by atoms with Gasteiger partial charge in [-0.2, -0.15) is 0 Å². The van der Waals surface area contributed by atoms with Gasteiger partial charge in [0.1, 0.15) is 0 Å². The molecule has 0 aromatic rings. The Morgan fingerprint density at radius 1 is 1.00 bits per heavy atom. The van der Waals surface area contributed by atoms with E-state index in [1.54, 1.807) is 0 Å². The summed E-state index contributed by atoms with van der Waals surface area (Å²) < 4.78 is 9.77. The van der Waals surface area contributed by atoms with Crippen molar-refractivity contribution < 1.29 is 29.3 Å². The van der Waals surface area contributed by atoms with Gasteiger partial charge in [0.15, 0.2) is 6.10 Å². The van der Waals surface area contributed by atoms with E-state index >= 15 is 0 Å². The summed E-state index contributed by atoms with van der Waals surface area (Å²) in [6.07, 6.45) is 5.12. The van der Waals surface area contributed by atoms with Crippen LogP contribution in [0.1, 0.15) is 71.1 Å². The van der Waals surface area contributed by atoms with E-state index in [4.69, 9.17) is 9.47 Å². The number of hydrogen-bond acceptors (Lipinski definition) is 6. The van der Waals surface area contributed by atoms with Crippen LogP contribution in [0, 0.1) is 0 Å². The smallest absolute Gasteiger partial charge is 0.363 e. The molecule has 2 N–H and O–H groups in total. The number of rotatable bonds is 2. The summed E-state index contributed by atoms with van der Waals surface area (Å²) in [5, 5.41) is 19.8. The van der Waals surface area contributed by atoms with Crippen LogP contribution >= 0.6 is 0 Å². The van der Waals surface area contributed by atoms with E-state index < -0.39 is 24.0 Å². The van der Waals surface area contributed by atoms with E-state index in [-0.39, 0.29) is 19.3 Å². The van der Waals surface area contributed by atoms with Crippen LogP contribution in [0.4, 0.5) is 0 Å². The molecule has 0 spiro atoms. The fourth-order valence-electron chi connectivity index (χ4n) is 2.33. The largest absolute Gasteiger partial charge is 0.452 e. The van der Waals surface area contributed by atoms with Gasteiger partial charge in [0, 0.05) is 12.8 Å². The van der Waals surface area contributed by atoms with Crippen molar-refractivity contribution in [3.8, 4) is 0 Å². The summed E-state index contributed by atoms with van der Waals surface area (Å²) in [5.41, 5.74) is 0. The molecule has 0 radical (unpaired) electrons. The van der Waals surface area contributed by atoms with Crippen molar-refractivity contribution in [3.63, 3.8) is 0 Å². The number of carbonyl (C=O) groups is 2. The van der Waals surface area contributed by atoms with Gasteiger partial charge in [0.2, 0.25) is 0 Å². The van der Waals surface area contributed by atoms with Crippen LogP contribution < -0.4 is 0 Å². The Balaban J connectivity index is 2.72. The van der Waals surface area contributed by atoms with Crippen molar-refractivity contribution in [2.75, 3.05) is 0 Å². The SMILES string of the molecule is CCCC1OC(=O)CCCCCCCCC(=O)OC1(O)O. The normalized spacial score (nSPS) is 25.6. The van der Waals surface area contributed by atoms with E-state index in [0.717, 1.165) is 32.1 Å². The lowest BCUT2D eigenvalue weighted by molar-refractivity contribution is -0.360. The molecule has 0 aliphatic carbocycles. The predicted molar refractivity (Wildman–Crippen MR) is 75.0 cm³/mol. The Kier molecular flexibility index (Phi) is 7.67. The maximum Gasteiger partial charge on any atom is 0.363 e. The molecule has 0 bridgehead atoms. The van der Waals surface area contributed by atoms with Gasteiger partial charge < -0.3 is 19.7 Å². The Labute approximate surface area is 125 Å². The van der Waals surface area contributed by atoms with Crippen molar-refractivity contribution in [3.05, 3.63) is 0 Å². The maximum atomic E-state index is 11.7. The van der Waals surface area contributed by atoms with Crippen LogP contribution in [0.15, 0.2) is 0 Å². The fraction of sp³-hybridized carbons (Fsp3) is 0.867. The molecule has 1 aliphatic rings. The highest BCUT2D eigenvalue weighted by Crippen LogP contribution is 2.21. The number of esters is 2. The highest BCUT2D eigenvalue weighted by molar-refractivity contribution is 5.70. The molecule has 0 saturated carbocycles. The molecule has 1 aliphatic heterocycles. The zero-order valence-electron chi connectivity index (χ0n) is 12.7. The van der Waals surface area contributed by atoms with Crippen molar-refractivity contribution in [1.82, 2.24) is 0 Å². The van der Waals surface area contributed by atoms with Crippen LogP contribution in [0.25, 0.3) is 0 Å². The molecule has 6 heteroatoms. The first-order chi connectivity index (χ1) is 9.95. The number of carbonyl (C=O) groups excluding carboxylic acids is 2. The average Bonchev–Trinajstić information content (AvgIpc) is 2.40. The van der Waals surface area contributed by atoms with Crippen LogP contribution in [0.2, 0.25) is 0 Å². The fourth-order valence-corrected chi connectivity index (χ4v) is 2.33. The van der Waals surface area contributed by atoms with Crippen LogP contribution in [-0.4, -0.2) is 34.2 Å². The van der Waals surface area contributed by atoms with Gasteiger partial charge in [-0.05, 0) is 19.3 Å². The quantitative estimate of drug-likeness (QED) is 0.599. The Morgan fingerprint density at radius 3 is 2.10 bits per heavy atom. The van der Waals surface area contributed by atoms with Gasteiger partial charge in [-0.25, -0.2) is 0 Å². The minimum Gasteiger partial charge on any atom is -0.452 e. The molecule has 1 saturated heterocycles. The molecule has 1 atom stereocenters. The Hall–Kier alpha value is -1.14. The molecule has 1 unspecified atom stereocenters. The van der Waals surface area contributed by atoms with Crippen molar-refractivity contribution in [1.29, 1.82) is 0 Å². The monoisotopic (exact) mass is 302 g/mol. The summed E-state index contributed by atoms with van der Waals surface area (Å²) >= 11 is 0. The van der Waals surface area contributed by atoms with Gasteiger partial charge in [-0.3, -0.25) is 9.59 Å². The molecular weight excluding hydrogens is 276 g/mol. The number of hydrogen-bond donors (Lipinski definition) is 2. The molecule has 1 rings (SSSR count). The zero-order chi connectivity index (χ0) is 15.7. The number of aliphatic hydroxyl groups is 2. The van der Waals surface area contributed by atoms with E-state index in [0.29, 0.717) is 12.8 Å². The molecule has 1 heterocycles. The maximum absolute atomic E-state index is 11.7. The minimum absolute atomic E-state index is 0.135. The lowest BCUT2D eigenvalue weighted by Gasteiger charge is -2.29. The van der Waals surface area contributed by atoms with E-state index in [2.05, 4.69) is 0 Å². The van der Waals surface area contributed by atoms with Gasteiger partial charge in [-0.1, -0.05) is 39.0 Å². The Bertz CT molecular complexity index is 339. The van der Waals surface area contributed by atoms with Crippen LogP contribution in [-0.2, 0) is 19.1 Å². The highest BCUT2D eigenvalue weighted by Gasteiger charge is 2.41. The van der Waals surface area contributed by atoms with E-state index in [9.17, 15) is 19.8 Å². The third kappa shape index (κ3) is 6.91. The van der Waals surface area contributed by atoms with Gasteiger partial charge in [0.25, 0.3) is 0 Å². The van der Waals surface area contributed by atoms with Crippen LogP contribution in [0.5, 0.6) is 0 Å². The zero-order valence-corrected chi connectivity index (χ0v) is 12.7. The first-order valence-electron chi connectivity index (χ1n) is 7.81. The number of ether oxygens (including phenoxy) is 2. The second kappa shape index (κ2) is 9.00. The summed E-state index contributed by atoms with van der Waals surface area (Å²) in [6.45, 7) is 1.82. The molecule has 6 nitrogen and oxygen atoms in total. The lowest BCUT2D eigenvalue weighted by Crippen LogP contribution is -2.48. The van der Waals surface area contributed by atoms with E-state index in [1.807, 2.05) is 6.92 Å². The molecule has 0 amide bonds. The van der Waals surface area contributed by atoms with Crippen LogP contribution in [0.3, 0.4) is 0 Å². The first-order valence-corrected chi connectivity index (χ1v) is 7.81. The molecule has 0 aromatic heterocycles. The second-order valence-corrected chi connectivity index (χ2v) is 5.52. The lowest BCUT2D eigenvalue weighted by atomic mass is 10.1. The Morgan fingerprint density at radius 2 is 1.52 bits per heavy atom. The summed E-state index contributed by atoms with van der Waals surface area (Å²) in [7, 11) is 0. The molecule has 0 aromatic carbocycles. The van der Waals surface area contributed by atoms with Crippen molar-refractivity contribution >= 4 is 11.9 Å². The highest BCUT2D eigenvalue weighted by atomic mass is 16.8. The minimum atomic E-state index is -2.76. The van der Waals surface area contributed by atoms with Gasteiger partial charge in [-0.15, -0.1) is 0 Å². The molecule has 21 heavy (non-hydrogen) atoms. The van der Waals surface area contributed by atoms with Crippen molar-refractivity contribution in [2.24, 2.45) is 0 Å². The first kappa shape index (κ1) is 17.9. The van der Waals surface area contributed by atoms with Crippen molar-refractivity contribution in [2.45, 2.75) is 83.2 Å². The van der Waals surface area contributed by atoms with Gasteiger partial charge in [0.05, 0.1) is 0 Å².